The molecule has 19 heavy (non-hydrogen) atoms. The summed E-state index contributed by atoms with van der Waals surface area (Å²) in [6, 6.07) is 0. The van der Waals surface area contributed by atoms with Gasteiger partial charge in [-0.25, -0.2) is 9.97 Å². The molecule has 0 fully saturated rings. The lowest BCUT2D eigenvalue weighted by molar-refractivity contribution is 0.401. The number of allylic oxidation sites excluding steroid dienone is 1. The fourth-order valence-electron chi connectivity index (χ4n) is 2.11. The number of aryl methyl sites for hydroxylation is 1. The Morgan fingerprint density at radius 3 is 2.95 bits per heavy atom. The van der Waals surface area contributed by atoms with E-state index in [-0.39, 0.29) is 0 Å². The summed E-state index contributed by atoms with van der Waals surface area (Å²) in [6.45, 7) is 5.62. The van der Waals surface area contributed by atoms with Crippen LogP contribution >= 0.6 is 11.8 Å². The number of rotatable bonds is 5. The molecule has 1 aromatic rings. The van der Waals surface area contributed by atoms with Crippen molar-refractivity contribution in [3.05, 3.63) is 28.2 Å². The third kappa shape index (κ3) is 3.19. The maximum Gasteiger partial charge on any atom is 0.134 e. The quantitative estimate of drug-likeness (QED) is 0.858. The average Bonchev–Trinajstić information content (AvgIpc) is 2.74. The SMILES string of the molecule is CNc1nc(C)ncc1CN1CSC(CCN)=C1C. The lowest BCUT2D eigenvalue weighted by atomic mass is 10.2. The second kappa shape index (κ2) is 6.25. The summed E-state index contributed by atoms with van der Waals surface area (Å²) in [7, 11) is 1.90. The largest absolute Gasteiger partial charge is 0.373 e. The molecule has 0 unspecified atom stereocenters. The zero-order chi connectivity index (χ0) is 13.8. The lowest BCUT2D eigenvalue weighted by Gasteiger charge is -2.20. The molecule has 104 valence electrons. The zero-order valence-corrected chi connectivity index (χ0v) is 12.5. The van der Waals surface area contributed by atoms with Crippen molar-refractivity contribution in [1.29, 1.82) is 0 Å². The molecule has 2 rings (SSSR count). The molecule has 0 spiro atoms. The van der Waals surface area contributed by atoms with Crippen molar-refractivity contribution in [2.75, 3.05) is 24.8 Å². The lowest BCUT2D eigenvalue weighted by Crippen LogP contribution is -2.18. The van der Waals surface area contributed by atoms with E-state index >= 15 is 0 Å². The molecule has 0 saturated heterocycles. The monoisotopic (exact) mass is 279 g/mol. The Kier molecular flexibility index (Phi) is 4.66. The second-order valence-electron chi connectivity index (χ2n) is 4.56. The second-order valence-corrected chi connectivity index (χ2v) is 5.60. The van der Waals surface area contributed by atoms with Crippen LogP contribution in [0.15, 0.2) is 16.8 Å². The number of hydrogen-bond donors (Lipinski definition) is 2. The average molecular weight is 279 g/mol. The third-order valence-electron chi connectivity index (χ3n) is 3.23. The van der Waals surface area contributed by atoms with Crippen molar-refractivity contribution < 1.29 is 0 Å². The number of nitrogens with two attached hydrogens (primary N) is 1. The molecule has 0 bridgehead atoms. The molecule has 1 aliphatic heterocycles. The normalized spacial score (nSPS) is 15.3. The first-order valence-corrected chi connectivity index (χ1v) is 7.42. The van der Waals surface area contributed by atoms with Gasteiger partial charge in [0, 0.05) is 36.0 Å². The van der Waals surface area contributed by atoms with E-state index < -0.39 is 0 Å². The van der Waals surface area contributed by atoms with Gasteiger partial charge < -0.3 is 16.0 Å². The van der Waals surface area contributed by atoms with Gasteiger partial charge in [-0.15, -0.1) is 11.8 Å². The van der Waals surface area contributed by atoms with E-state index in [2.05, 4.69) is 27.1 Å². The fraction of sp³-hybridized carbons (Fsp3) is 0.538. The molecule has 5 nitrogen and oxygen atoms in total. The maximum atomic E-state index is 5.63. The highest BCUT2D eigenvalue weighted by Crippen LogP contribution is 2.34. The Balaban J connectivity index is 2.14. The van der Waals surface area contributed by atoms with E-state index in [0.717, 1.165) is 36.0 Å². The van der Waals surface area contributed by atoms with E-state index in [1.165, 1.54) is 10.6 Å². The molecule has 1 aromatic heterocycles. The predicted molar refractivity (Wildman–Crippen MR) is 80.7 cm³/mol. The van der Waals surface area contributed by atoms with E-state index in [1.54, 1.807) is 0 Å². The Bertz CT molecular complexity index is 486. The minimum atomic E-state index is 0.711. The first kappa shape index (κ1) is 14.1. The zero-order valence-electron chi connectivity index (χ0n) is 11.7. The summed E-state index contributed by atoms with van der Waals surface area (Å²) < 4.78 is 0. The van der Waals surface area contributed by atoms with Gasteiger partial charge in [-0.05, 0) is 26.8 Å². The highest BCUT2D eigenvalue weighted by Gasteiger charge is 2.20. The van der Waals surface area contributed by atoms with E-state index in [0.29, 0.717) is 6.54 Å². The molecule has 0 amide bonds. The minimum Gasteiger partial charge on any atom is -0.373 e. The van der Waals surface area contributed by atoms with E-state index in [1.807, 2.05) is 31.9 Å². The molecule has 0 atom stereocenters. The van der Waals surface area contributed by atoms with Gasteiger partial charge in [0.15, 0.2) is 0 Å². The van der Waals surface area contributed by atoms with Crippen LogP contribution in [-0.4, -0.2) is 34.3 Å². The first-order chi connectivity index (χ1) is 9.15. The molecule has 0 saturated carbocycles. The molecule has 6 heteroatoms. The number of nitrogens with zero attached hydrogens (tertiary/aromatic N) is 3. The van der Waals surface area contributed by atoms with Crippen LogP contribution in [0.2, 0.25) is 0 Å². The number of nitrogens with one attached hydrogen (secondary N) is 1. The minimum absolute atomic E-state index is 0.711. The maximum absolute atomic E-state index is 5.63. The van der Waals surface area contributed by atoms with E-state index in [4.69, 9.17) is 5.73 Å². The summed E-state index contributed by atoms with van der Waals surface area (Å²) >= 11 is 1.88. The van der Waals surface area contributed by atoms with Crippen LogP contribution in [0.4, 0.5) is 5.82 Å². The molecular formula is C13H21N5S. The van der Waals surface area contributed by atoms with Gasteiger partial charge in [0.2, 0.25) is 0 Å². The topological polar surface area (TPSA) is 67.1 Å². The smallest absolute Gasteiger partial charge is 0.134 e. The molecular weight excluding hydrogens is 258 g/mol. The number of hydrogen-bond acceptors (Lipinski definition) is 6. The van der Waals surface area contributed by atoms with Crippen LogP contribution in [0.5, 0.6) is 0 Å². The van der Waals surface area contributed by atoms with Crippen molar-refractivity contribution in [3.63, 3.8) is 0 Å². The Morgan fingerprint density at radius 2 is 2.26 bits per heavy atom. The van der Waals surface area contributed by atoms with Gasteiger partial charge in [-0.2, -0.15) is 0 Å². The molecule has 3 N–H and O–H groups in total. The summed E-state index contributed by atoms with van der Waals surface area (Å²) in [5.74, 6) is 2.69. The number of anilines is 1. The van der Waals surface area contributed by atoms with Crippen molar-refractivity contribution in [2.24, 2.45) is 5.73 Å². The number of thioether (sulfide) groups is 1. The van der Waals surface area contributed by atoms with E-state index in [9.17, 15) is 0 Å². The predicted octanol–water partition coefficient (Wildman–Crippen LogP) is 1.91. The van der Waals surface area contributed by atoms with Gasteiger partial charge in [0.05, 0.1) is 5.88 Å². The van der Waals surface area contributed by atoms with Gasteiger partial charge >= 0.3 is 0 Å². The highest BCUT2D eigenvalue weighted by molar-refractivity contribution is 8.03. The van der Waals surface area contributed by atoms with Crippen LogP contribution in [-0.2, 0) is 6.54 Å². The first-order valence-electron chi connectivity index (χ1n) is 6.43. The van der Waals surface area contributed by atoms with Crippen LogP contribution in [0, 0.1) is 6.92 Å². The van der Waals surface area contributed by atoms with Crippen molar-refractivity contribution >= 4 is 17.6 Å². The molecule has 1 aliphatic rings. The van der Waals surface area contributed by atoms with Gasteiger partial charge in [-0.1, -0.05) is 0 Å². The highest BCUT2D eigenvalue weighted by atomic mass is 32.2. The standard InChI is InChI=1S/C13H21N5S/c1-9-12(4-5-14)19-8-18(9)7-11-6-16-10(2)17-13(11)15-3/h6H,4-5,7-8,14H2,1-3H3,(H,15,16,17). The summed E-state index contributed by atoms with van der Waals surface area (Å²) in [4.78, 5) is 12.5. The number of aromatic nitrogens is 2. The van der Waals surface area contributed by atoms with Crippen molar-refractivity contribution in [2.45, 2.75) is 26.8 Å². The Labute approximate surface area is 118 Å². The van der Waals surface area contributed by atoms with Crippen molar-refractivity contribution in [3.8, 4) is 0 Å². The van der Waals surface area contributed by atoms with Crippen molar-refractivity contribution in [1.82, 2.24) is 14.9 Å². The van der Waals surface area contributed by atoms with Crippen LogP contribution < -0.4 is 11.1 Å². The van der Waals surface area contributed by atoms with Gasteiger partial charge in [0.1, 0.15) is 11.6 Å². The summed E-state index contributed by atoms with van der Waals surface area (Å²) in [5, 5.41) is 3.14. The fourth-order valence-corrected chi connectivity index (χ4v) is 3.31. The molecule has 0 aliphatic carbocycles. The van der Waals surface area contributed by atoms with Gasteiger partial charge in [-0.3, -0.25) is 0 Å². The Morgan fingerprint density at radius 1 is 1.47 bits per heavy atom. The molecule has 0 radical (unpaired) electrons. The van der Waals surface area contributed by atoms with Crippen LogP contribution in [0.25, 0.3) is 0 Å². The summed E-state index contributed by atoms with van der Waals surface area (Å²) in [6.07, 6.45) is 2.88. The Hall–Kier alpha value is -1.27. The third-order valence-corrected chi connectivity index (χ3v) is 4.52. The molecule has 0 aromatic carbocycles. The van der Waals surface area contributed by atoms with Gasteiger partial charge in [0.25, 0.3) is 0 Å². The summed E-state index contributed by atoms with van der Waals surface area (Å²) in [5.41, 5.74) is 8.09. The molecule has 2 heterocycles. The van der Waals surface area contributed by atoms with Crippen LogP contribution in [0.3, 0.4) is 0 Å². The van der Waals surface area contributed by atoms with Crippen LogP contribution in [0.1, 0.15) is 24.7 Å².